The molecule has 0 radical (unpaired) electrons. The quantitative estimate of drug-likeness (QED) is 0.654. The van der Waals surface area contributed by atoms with Crippen molar-refractivity contribution in [2.24, 2.45) is 5.73 Å². The zero-order chi connectivity index (χ0) is 10.1. The van der Waals surface area contributed by atoms with Gasteiger partial charge in [-0.1, -0.05) is 13.3 Å². The smallest absolute Gasteiger partial charge is 0.0175 e. The third-order valence-corrected chi connectivity index (χ3v) is 2.78. The van der Waals surface area contributed by atoms with Gasteiger partial charge in [-0.25, -0.2) is 0 Å². The standard InChI is InChI=1S/C10H24N2S/c1-4-5-7-12(2)9-10(11)6-8-13-3/h10H,4-9,11H2,1-3H3/t10-/m1/s1. The summed E-state index contributed by atoms with van der Waals surface area (Å²) in [6.07, 6.45) is 5.82. The molecule has 0 bridgehead atoms. The molecule has 1 atom stereocenters. The second-order valence-corrected chi connectivity index (χ2v) is 4.64. The minimum Gasteiger partial charge on any atom is -0.327 e. The minimum atomic E-state index is 0.356. The van der Waals surface area contributed by atoms with E-state index in [1.54, 1.807) is 0 Å². The van der Waals surface area contributed by atoms with Crippen molar-refractivity contribution in [1.29, 1.82) is 0 Å². The summed E-state index contributed by atoms with van der Waals surface area (Å²) in [6.45, 7) is 4.45. The van der Waals surface area contributed by atoms with E-state index in [1.807, 2.05) is 11.8 Å². The van der Waals surface area contributed by atoms with Gasteiger partial charge in [0.15, 0.2) is 0 Å². The molecule has 2 N–H and O–H groups in total. The topological polar surface area (TPSA) is 29.3 Å². The van der Waals surface area contributed by atoms with Crippen LogP contribution < -0.4 is 5.73 Å². The molecule has 0 amide bonds. The molecule has 0 rings (SSSR count). The molecule has 0 saturated carbocycles. The highest BCUT2D eigenvalue weighted by atomic mass is 32.2. The summed E-state index contributed by atoms with van der Waals surface area (Å²) in [5.41, 5.74) is 5.98. The summed E-state index contributed by atoms with van der Waals surface area (Å²) in [7, 11) is 2.16. The van der Waals surface area contributed by atoms with Gasteiger partial charge >= 0.3 is 0 Å². The molecule has 80 valence electrons. The first-order chi connectivity index (χ1) is 6.20. The number of unbranched alkanes of at least 4 members (excludes halogenated alkanes) is 1. The van der Waals surface area contributed by atoms with Crippen LogP contribution in [0.25, 0.3) is 0 Å². The van der Waals surface area contributed by atoms with Crippen molar-refractivity contribution in [3.05, 3.63) is 0 Å². The lowest BCUT2D eigenvalue weighted by Crippen LogP contribution is -2.36. The van der Waals surface area contributed by atoms with Crippen LogP contribution in [0.15, 0.2) is 0 Å². The number of likely N-dealkylation sites (N-methyl/N-ethyl adjacent to an activating group) is 1. The molecule has 0 heterocycles. The fourth-order valence-electron chi connectivity index (χ4n) is 1.28. The Labute approximate surface area is 87.2 Å². The van der Waals surface area contributed by atoms with Crippen molar-refractivity contribution in [1.82, 2.24) is 4.90 Å². The Morgan fingerprint density at radius 2 is 2.15 bits per heavy atom. The van der Waals surface area contributed by atoms with Gasteiger partial charge in [-0.2, -0.15) is 11.8 Å². The molecule has 0 fully saturated rings. The molecule has 0 unspecified atom stereocenters. The number of hydrogen-bond donors (Lipinski definition) is 1. The number of nitrogens with two attached hydrogens (primary N) is 1. The fraction of sp³-hybridized carbons (Fsp3) is 1.00. The maximum atomic E-state index is 5.98. The van der Waals surface area contributed by atoms with E-state index < -0.39 is 0 Å². The maximum Gasteiger partial charge on any atom is 0.0175 e. The predicted molar refractivity (Wildman–Crippen MR) is 63.4 cm³/mol. The largest absolute Gasteiger partial charge is 0.327 e. The van der Waals surface area contributed by atoms with Gasteiger partial charge in [-0.15, -0.1) is 0 Å². The Hall–Kier alpha value is 0.270. The van der Waals surface area contributed by atoms with E-state index in [2.05, 4.69) is 25.1 Å². The van der Waals surface area contributed by atoms with E-state index in [1.165, 1.54) is 25.1 Å². The van der Waals surface area contributed by atoms with E-state index in [0.717, 1.165) is 13.0 Å². The molecule has 0 spiro atoms. The number of nitrogens with zero attached hydrogens (tertiary/aromatic N) is 1. The Morgan fingerprint density at radius 3 is 2.69 bits per heavy atom. The van der Waals surface area contributed by atoms with Crippen LogP contribution in [0, 0.1) is 0 Å². The van der Waals surface area contributed by atoms with Crippen molar-refractivity contribution in [3.8, 4) is 0 Å². The molecule has 0 aliphatic rings. The van der Waals surface area contributed by atoms with Gasteiger partial charge in [0.25, 0.3) is 0 Å². The molecule has 13 heavy (non-hydrogen) atoms. The first-order valence-corrected chi connectivity index (χ1v) is 6.53. The summed E-state index contributed by atoms with van der Waals surface area (Å²) < 4.78 is 0. The lowest BCUT2D eigenvalue weighted by molar-refractivity contribution is 0.303. The molecule has 0 aliphatic carbocycles. The van der Waals surface area contributed by atoms with Crippen molar-refractivity contribution >= 4 is 11.8 Å². The van der Waals surface area contributed by atoms with Crippen molar-refractivity contribution in [3.63, 3.8) is 0 Å². The van der Waals surface area contributed by atoms with Crippen molar-refractivity contribution in [2.75, 3.05) is 32.1 Å². The van der Waals surface area contributed by atoms with Gasteiger partial charge in [0.1, 0.15) is 0 Å². The van der Waals surface area contributed by atoms with E-state index >= 15 is 0 Å². The third-order valence-electron chi connectivity index (χ3n) is 2.13. The highest BCUT2D eigenvalue weighted by Gasteiger charge is 2.05. The average Bonchev–Trinajstić information content (AvgIpc) is 2.11. The second kappa shape index (κ2) is 8.85. The van der Waals surface area contributed by atoms with Crippen LogP contribution in [0.2, 0.25) is 0 Å². The van der Waals surface area contributed by atoms with Crippen LogP contribution in [-0.4, -0.2) is 43.1 Å². The summed E-state index contributed by atoms with van der Waals surface area (Å²) in [5.74, 6) is 1.18. The van der Waals surface area contributed by atoms with Gasteiger partial charge in [0.2, 0.25) is 0 Å². The minimum absolute atomic E-state index is 0.356. The van der Waals surface area contributed by atoms with Crippen LogP contribution in [0.4, 0.5) is 0 Å². The molecule has 0 aromatic carbocycles. The second-order valence-electron chi connectivity index (χ2n) is 3.66. The summed E-state index contributed by atoms with van der Waals surface area (Å²) in [6, 6.07) is 0.356. The average molecular weight is 204 g/mol. The highest BCUT2D eigenvalue weighted by Crippen LogP contribution is 2.00. The molecule has 0 aliphatic heterocycles. The molecule has 3 heteroatoms. The van der Waals surface area contributed by atoms with Gasteiger partial charge in [-0.3, -0.25) is 0 Å². The Morgan fingerprint density at radius 1 is 1.46 bits per heavy atom. The van der Waals surface area contributed by atoms with Gasteiger partial charge < -0.3 is 10.6 Å². The molecular weight excluding hydrogens is 180 g/mol. The SMILES string of the molecule is CCCCN(C)C[C@H](N)CCSC. The lowest BCUT2D eigenvalue weighted by atomic mass is 10.2. The van der Waals surface area contributed by atoms with Gasteiger partial charge in [0, 0.05) is 12.6 Å². The zero-order valence-corrected chi connectivity index (χ0v) is 10.1. The Bertz CT molecular complexity index is 97.1. The van der Waals surface area contributed by atoms with Crippen LogP contribution in [0.3, 0.4) is 0 Å². The first-order valence-electron chi connectivity index (χ1n) is 5.13. The monoisotopic (exact) mass is 204 g/mol. The Kier molecular flexibility index (Phi) is 9.03. The molecule has 0 saturated heterocycles. The predicted octanol–water partition coefficient (Wildman–Crippen LogP) is 1.80. The number of thioether (sulfide) groups is 1. The van der Waals surface area contributed by atoms with E-state index in [-0.39, 0.29) is 0 Å². The van der Waals surface area contributed by atoms with E-state index in [9.17, 15) is 0 Å². The molecule has 2 nitrogen and oxygen atoms in total. The summed E-state index contributed by atoms with van der Waals surface area (Å²) in [5, 5.41) is 0. The van der Waals surface area contributed by atoms with Crippen LogP contribution >= 0.6 is 11.8 Å². The van der Waals surface area contributed by atoms with Crippen LogP contribution in [0.5, 0.6) is 0 Å². The number of rotatable bonds is 8. The molecular formula is C10H24N2S. The van der Waals surface area contributed by atoms with E-state index in [4.69, 9.17) is 5.73 Å². The highest BCUT2D eigenvalue weighted by molar-refractivity contribution is 7.98. The van der Waals surface area contributed by atoms with Gasteiger partial charge in [0.05, 0.1) is 0 Å². The van der Waals surface area contributed by atoms with Crippen LogP contribution in [0.1, 0.15) is 26.2 Å². The first kappa shape index (κ1) is 13.3. The fourth-order valence-corrected chi connectivity index (χ4v) is 1.82. The third kappa shape index (κ3) is 8.60. The molecule has 0 aromatic heterocycles. The Balaban J connectivity index is 3.35. The van der Waals surface area contributed by atoms with Crippen LogP contribution in [-0.2, 0) is 0 Å². The molecule has 0 aromatic rings. The normalized spacial score (nSPS) is 13.6. The zero-order valence-electron chi connectivity index (χ0n) is 9.25. The summed E-state index contributed by atoms with van der Waals surface area (Å²) in [4.78, 5) is 2.34. The summed E-state index contributed by atoms with van der Waals surface area (Å²) >= 11 is 1.88. The van der Waals surface area contributed by atoms with Crippen molar-refractivity contribution in [2.45, 2.75) is 32.2 Å². The lowest BCUT2D eigenvalue weighted by Gasteiger charge is -2.20. The number of hydrogen-bond acceptors (Lipinski definition) is 3. The van der Waals surface area contributed by atoms with Crippen molar-refractivity contribution < 1.29 is 0 Å². The maximum absolute atomic E-state index is 5.98. The van der Waals surface area contributed by atoms with E-state index in [0.29, 0.717) is 6.04 Å². The van der Waals surface area contributed by atoms with Gasteiger partial charge in [-0.05, 0) is 38.4 Å².